The van der Waals surface area contributed by atoms with E-state index in [1.54, 1.807) is 13.0 Å². The first-order valence-corrected chi connectivity index (χ1v) is 24.4. The van der Waals surface area contributed by atoms with Crippen molar-refractivity contribution in [3.05, 3.63) is 12.2 Å². The molecular formula is C46H85NO18. The fourth-order valence-electron chi connectivity index (χ4n) is 8.45. The van der Waals surface area contributed by atoms with Crippen molar-refractivity contribution in [2.45, 2.75) is 247 Å². The molecule has 0 radical (unpaired) electrons. The van der Waals surface area contributed by atoms with E-state index in [4.69, 9.17) is 28.4 Å². The van der Waals surface area contributed by atoms with Gasteiger partial charge in [-0.2, -0.15) is 0 Å². The van der Waals surface area contributed by atoms with E-state index in [2.05, 4.69) is 12.2 Å². The summed E-state index contributed by atoms with van der Waals surface area (Å²) < 4.78 is 33.7. The zero-order chi connectivity index (χ0) is 47.7. The first-order chi connectivity index (χ1) is 31.3. The maximum absolute atomic E-state index is 12.4. The molecule has 3 heterocycles. The molecule has 0 aromatic carbocycles. The molecule has 3 rings (SSSR count). The summed E-state index contributed by atoms with van der Waals surface area (Å²) in [6, 6.07) is -0.964. The molecule has 0 aromatic rings. The van der Waals surface area contributed by atoms with Gasteiger partial charge in [-0.3, -0.25) is 4.79 Å². The lowest BCUT2D eigenvalue weighted by molar-refractivity contribution is -0.379. The van der Waals surface area contributed by atoms with E-state index in [0.29, 0.717) is 0 Å². The van der Waals surface area contributed by atoms with Crippen LogP contribution in [0, 0.1) is 0 Å². The monoisotopic (exact) mass is 940 g/mol. The molecule has 0 saturated carbocycles. The Bertz CT molecular complexity index is 1260. The predicted molar refractivity (Wildman–Crippen MR) is 236 cm³/mol. The summed E-state index contributed by atoms with van der Waals surface area (Å²) >= 11 is 0. The Hall–Kier alpha value is -1.47. The van der Waals surface area contributed by atoms with E-state index in [1.807, 2.05) is 6.08 Å². The summed E-state index contributed by atoms with van der Waals surface area (Å²) in [6.45, 7) is 1.12. The number of aliphatic hydroxyl groups excluding tert-OH is 11. The van der Waals surface area contributed by atoms with Gasteiger partial charge in [0.05, 0.1) is 38.6 Å². The Labute approximate surface area is 385 Å². The van der Waals surface area contributed by atoms with E-state index >= 15 is 0 Å². The largest absolute Gasteiger partial charge is 0.394 e. The number of hydrogen-bond donors (Lipinski definition) is 12. The van der Waals surface area contributed by atoms with Gasteiger partial charge in [0.2, 0.25) is 5.91 Å². The molecule has 3 saturated heterocycles. The lowest BCUT2D eigenvalue weighted by Crippen LogP contribution is -2.66. The number of rotatable bonds is 33. The lowest BCUT2D eigenvalue weighted by Gasteiger charge is -2.48. The van der Waals surface area contributed by atoms with Crippen molar-refractivity contribution in [3.63, 3.8) is 0 Å². The van der Waals surface area contributed by atoms with E-state index < -0.39 is 124 Å². The minimum Gasteiger partial charge on any atom is -0.394 e. The molecule has 0 spiro atoms. The van der Waals surface area contributed by atoms with Gasteiger partial charge in [-0.15, -0.1) is 0 Å². The number of carbonyl (C=O) groups excluding carboxylic acids is 1. The summed E-state index contributed by atoms with van der Waals surface area (Å²) in [5.41, 5.74) is 0. The van der Waals surface area contributed by atoms with Crippen LogP contribution in [0.1, 0.15) is 142 Å². The lowest BCUT2D eigenvalue weighted by atomic mass is 9.96. The number of aliphatic hydroxyl groups is 11. The van der Waals surface area contributed by atoms with Gasteiger partial charge in [0.25, 0.3) is 0 Å². The third-order valence-electron chi connectivity index (χ3n) is 12.6. The standard InChI is InChI=1S/C46H85NO18/c1-3-5-6-7-8-9-10-11-12-13-14-15-16-17-18-19-20-21-22-23-24-30(51)29(47-34(52)4-2)28-60-44-40(58)37(55)42(32(26-49)62-44)65-46-41(59)38(56)43(33(27-50)63-46)64-45-39(57)36(54)35(53)31(25-48)61-45/h23-24,29-33,35-46,48-51,53-59H,3-22,25-28H2,1-2H3,(H,47,52)/b24-23+. The number of carbonyl (C=O) groups is 1. The minimum atomic E-state index is -1.97. The molecule has 1 amide bonds. The van der Waals surface area contributed by atoms with Crippen LogP contribution in [0.5, 0.6) is 0 Å². The number of unbranched alkanes of at least 4 members (excludes halogenated alkanes) is 18. The maximum Gasteiger partial charge on any atom is 0.220 e. The van der Waals surface area contributed by atoms with Gasteiger partial charge in [-0.05, 0) is 12.8 Å². The number of ether oxygens (including phenoxy) is 6. The fraction of sp³-hybridized carbons (Fsp3) is 0.935. The van der Waals surface area contributed by atoms with Gasteiger partial charge in [0.1, 0.15) is 73.2 Å². The highest BCUT2D eigenvalue weighted by Crippen LogP contribution is 2.33. The fourth-order valence-corrected chi connectivity index (χ4v) is 8.45. The molecule has 65 heavy (non-hydrogen) atoms. The van der Waals surface area contributed by atoms with Crippen LogP contribution >= 0.6 is 0 Å². The average molecular weight is 940 g/mol. The van der Waals surface area contributed by atoms with Crippen LogP contribution < -0.4 is 5.32 Å². The normalized spacial score (nSPS) is 34.2. The van der Waals surface area contributed by atoms with Crippen LogP contribution in [-0.4, -0.2) is 193 Å². The SMILES string of the molecule is CCCCCCCCCCCCCCCCCCCC/C=C/C(O)C(COC1OC(CO)C(OC2OC(CO)C(OC3OC(CO)C(O)C(O)C3O)C(O)C2O)C(O)C1O)NC(=O)CC. The third kappa shape index (κ3) is 19.1. The molecule has 0 bridgehead atoms. The molecule has 0 aliphatic carbocycles. The van der Waals surface area contributed by atoms with Crippen LogP contribution in [0.15, 0.2) is 12.2 Å². The zero-order valence-electron chi connectivity index (χ0n) is 38.7. The Balaban J connectivity index is 1.41. The quantitative estimate of drug-likeness (QED) is 0.0318. The highest BCUT2D eigenvalue weighted by Gasteiger charge is 2.53. The Morgan fingerprint density at radius 3 is 1.38 bits per heavy atom. The molecule has 382 valence electrons. The first-order valence-electron chi connectivity index (χ1n) is 24.4. The topological polar surface area (TPSA) is 307 Å². The Kier molecular flexibility index (Phi) is 28.8. The third-order valence-corrected chi connectivity index (χ3v) is 12.6. The number of hydrogen-bond acceptors (Lipinski definition) is 18. The smallest absolute Gasteiger partial charge is 0.220 e. The summed E-state index contributed by atoms with van der Waals surface area (Å²) in [6.07, 6.45) is 0.769. The van der Waals surface area contributed by atoms with Gasteiger partial charge < -0.3 is 89.9 Å². The molecule has 3 aliphatic rings. The molecule has 17 atom stereocenters. The summed E-state index contributed by atoms with van der Waals surface area (Å²) in [5.74, 6) is -0.364. The molecule has 19 heteroatoms. The van der Waals surface area contributed by atoms with Crippen LogP contribution in [0.3, 0.4) is 0 Å². The second kappa shape index (κ2) is 32.4. The average Bonchev–Trinajstić information content (AvgIpc) is 3.30. The molecule has 17 unspecified atom stereocenters. The van der Waals surface area contributed by atoms with E-state index in [9.17, 15) is 61.0 Å². The summed E-state index contributed by atoms with van der Waals surface area (Å²) in [5, 5.41) is 118. The van der Waals surface area contributed by atoms with Crippen molar-refractivity contribution in [2.75, 3.05) is 26.4 Å². The van der Waals surface area contributed by atoms with Crippen molar-refractivity contribution in [1.29, 1.82) is 0 Å². The zero-order valence-corrected chi connectivity index (χ0v) is 38.7. The molecular weight excluding hydrogens is 854 g/mol. The van der Waals surface area contributed by atoms with Gasteiger partial charge in [0, 0.05) is 6.42 Å². The number of allylic oxidation sites excluding steroid dienone is 1. The molecule has 0 aromatic heterocycles. The minimum absolute atomic E-state index is 0.126. The van der Waals surface area contributed by atoms with Crippen molar-refractivity contribution in [2.24, 2.45) is 0 Å². The van der Waals surface area contributed by atoms with Gasteiger partial charge >= 0.3 is 0 Å². The van der Waals surface area contributed by atoms with Gasteiger partial charge in [-0.1, -0.05) is 135 Å². The molecule has 12 N–H and O–H groups in total. The van der Waals surface area contributed by atoms with E-state index in [0.717, 1.165) is 25.7 Å². The maximum atomic E-state index is 12.4. The second-order valence-corrected chi connectivity index (χ2v) is 17.9. The van der Waals surface area contributed by atoms with Gasteiger partial charge in [0.15, 0.2) is 18.9 Å². The first kappa shape index (κ1) is 57.8. The second-order valence-electron chi connectivity index (χ2n) is 17.9. The van der Waals surface area contributed by atoms with Crippen LogP contribution in [0.4, 0.5) is 0 Å². The Morgan fingerprint density at radius 1 is 0.538 bits per heavy atom. The predicted octanol–water partition coefficient (Wildman–Crippen LogP) is 0.695. The van der Waals surface area contributed by atoms with Crippen molar-refractivity contribution in [3.8, 4) is 0 Å². The highest BCUT2D eigenvalue weighted by atomic mass is 16.8. The van der Waals surface area contributed by atoms with Crippen LogP contribution in [0.2, 0.25) is 0 Å². The van der Waals surface area contributed by atoms with Crippen molar-refractivity contribution >= 4 is 5.91 Å². The van der Waals surface area contributed by atoms with E-state index in [1.165, 1.54) is 96.3 Å². The molecule has 3 aliphatic heterocycles. The Morgan fingerprint density at radius 2 is 0.938 bits per heavy atom. The molecule has 3 fully saturated rings. The highest BCUT2D eigenvalue weighted by molar-refractivity contribution is 5.75. The van der Waals surface area contributed by atoms with Crippen LogP contribution in [0.25, 0.3) is 0 Å². The molecule has 19 nitrogen and oxygen atoms in total. The number of nitrogens with one attached hydrogen (secondary N) is 1. The van der Waals surface area contributed by atoms with Crippen molar-refractivity contribution in [1.82, 2.24) is 5.32 Å². The number of amides is 1. The summed E-state index contributed by atoms with van der Waals surface area (Å²) in [4.78, 5) is 12.4. The summed E-state index contributed by atoms with van der Waals surface area (Å²) in [7, 11) is 0. The van der Waals surface area contributed by atoms with E-state index in [-0.39, 0.29) is 18.9 Å². The van der Waals surface area contributed by atoms with Gasteiger partial charge in [-0.25, -0.2) is 0 Å². The van der Waals surface area contributed by atoms with Crippen molar-refractivity contribution < 1.29 is 89.4 Å². The van der Waals surface area contributed by atoms with Crippen LogP contribution in [-0.2, 0) is 33.2 Å².